The van der Waals surface area contributed by atoms with Gasteiger partial charge in [0.25, 0.3) is 5.91 Å². The monoisotopic (exact) mass is 498 g/mol. The molecule has 1 saturated carbocycles. The Morgan fingerprint density at radius 1 is 0.972 bits per heavy atom. The molecule has 190 valence electrons. The second kappa shape index (κ2) is 9.52. The van der Waals surface area contributed by atoms with Crippen LogP contribution in [-0.4, -0.2) is 43.0 Å². The fourth-order valence-electron chi connectivity index (χ4n) is 5.58. The molecule has 3 aliphatic heterocycles. The van der Waals surface area contributed by atoms with Crippen molar-refractivity contribution in [1.29, 1.82) is 0 Å². The topological polar surface area (TPSA) is 64.7 Å². The molecule has 0 spiro atoms. The minimum Gasteiger partial charge on any atom is -0.371 e. The molecule has 9 heteroatoms. The summed E-state index contributed by atoms with van der Waals surface area (Å²) in [6.07, 6.45) is 2.09. The van der Waals surface area contributed by atoms with E-state index in [4.69, 9.17) is 0 Å². The number of benzene rings is 2. The standard InChI is InChI=1S/C27H29F3N4O2/c1-33-23-8-3-2-7-21(23)24(34-15-17-9-10-18(16-34)12-11-17)14-22(25(33)35)32-26(36)31-20-6-4-5-19(13-20)27(28,29)30/h2-8,13-14,17-18,22H,9-12,15-16H2,1H3,(H2,31,32,36). The van der Waals surface area contributed by atoms with Gasteiger partial charge in [-0.25, -0.2) is 4.79 Å². The van der Waals surface area contributed by atoms with E-state index in [1.807, 2.05) is 24.3 Å². The van der Waals surface area contributed by atoms with Crippen LogP contribution in [0.25, 0.3) is 5.70 Å². The second-order valence-electron chi connectivity index (χ2n) is 9.91. The molecule has 0 aromatic heterocycles. The average molecular weight is 499 g/mol. The zero-order valence-electron chi connectivity index (χ0n) is 20.0. The number of carbonyl (C=O) groups excluding carboxylic acids is 2. The maximum absolute atomic E-state index is 13.4. The van der Waals surface area contributed by atoms with E-state index in [9.17, 15) is 22.8 Å². The van der Waals surface area contributed by atoms with Crippen LogP contribution in [0.3, 0.4) is 0 Å². The molecule has 1 aliphatic carbocycles. The van der Waals surface area contributed by atoms with Gasteiger partial charge in [-0.15, -0.1) is 0 Å². The molecule has 6 rings (SSSR count). The summed E-state index contributed by atoms with van der Waals surface area (Å²) < 4.78 is 39.2. The van der Waals surface area contributed by atoms with Crippen LogP contribution in [0.4, 0.5) is 29.3 Å². The molecular weight excluding hydrogens is 469 g/mol. The fraction of sp³-hybridized carbons (Fsp3) is 0.407. The summed E-state index contributed by atoms with van der Waals surface area (Å²) >= 11 is 0. The van der Waals surface area contributed by atoms with Crippen molar-refractivity contribution in [3.63, 3.8) is 0 Å². The molecule has 6 nitrogen and oxygen atoms in total. The minimum absolute atomic E-state index is 0.00617. The summed E-state index contributed by atoms with van der Waals surface area (Å²) in [5.41, 5.74) is 1.73. The zero-order chi connectivity index (χ0) is 25.4. The molecule has 0 radical (unpaired) electrons. The van der Waals surface area contributed by atoms with Crippen LogP contribution in [0.15, 0.2) is 54.6 Å². The number of alkyl halides is 3. The van der Waals surface area contributed by atoms with Gasteiger partial charge in [0, 0.05) is 37.1 Å². The second-order valence-corrected chi connectivity index (χ2v) is 9.91. The highest BCUT2D eigenvalue weighted by Gasteiger charge is 2.35. The number of nitrogens with zero attached hydrogens (tertiary/aromatic N) is 2. The number of rotatable bonds is 3. The van der Waals surface area contributed by atoms with Crippen molar-refractivity contribution in [3.8, 4) is 0 Å². The van der Waals surface area contributed by atoms with Crippen molar-refractivity contribution in [3.05, 3.63) is 65.7 Å². The van der Waals surface area contributed by atoms with Crippen LogP contribution in [0.1, 0.15) is 36.8 Å². The first-order valence-corrected chi connectivity index (χ1v) is 12.3. The van der Waals surface area contributed by atoms with Gasteiger partial charge in [0.05, 0.1) is 11.3 Å². The van der Waals surface area contributed by atoms with Crippen LogP contribution in [-0.2, 0) is 11.0 Å². The number of hydrogen-bond acceptors (Lipinski definition) is 3. The number of carbonyl (C=O) groups is 2. The van der Waals surface area contributed by atoms with E-state index >= 15 is 0 Å². The lowest BCUT2D eigenvalue weighted by atomic mass is 9.84. The van der Waals surface area contributed by atoms with E-state index in [2.05, 4.69) is 15.5 Å². The van der Waals surface area contributed by atoms with Crippen LogP contribution >= 0.6 is 0 Å². The first-order valence-electron chi connectivity index (χ1n) is 12.3. The van der Waals surface area contributed by atoms with Crippen molar-refractivity contribution in [2.75, 3.05) is 30.4 Å². The highest BCUT2D eigenvalue weighted by molar-refractivity contribution is 6.05. The minimum atomic E-state index is -4.52. The van der Waals surface area contributed by atoms with Crippen LogP contribution in [0.2, 0.25) is 0 Å². The Kier molecular flexibility index (Phi) is 6.40. The molecule has 2 aromatic carbocycles. The van der Waals surface area contributed by atoms with E-state index < -0.39 is 23.8 Å². The molecule has 3 heterocycles. The normalized spacial score (nSPS) is 23.9. The molecule has 3 amide bonds. The van der Waals surface area contributed by atoms with E-state index in [1.54, 1.807) is 13.1 Å². The number of amides is 3. The van der Waals surface area contributed by atoms with Gasteiger partial charge in [-0.3, -0.25) is 4.79 Å². The van der Waals surface area contributed by atoms with Crippen LogP contribution < -0.4 is 15.5 Å². The number of para-hydroxylation sites is 1. The largest absolute Gasteiger partial charge is 0.416 e. The van der Waals surface area contributed by atoms with E-state index in [-0.39, 0.29) is 11.6 Å². The van der Waals surface area contributed by atoms with Gasteiger partial charge in [-0.1, -0.05) is 24.3 Å². The van der Waals surface area contributed by atoms with Crippen molar-refractivity contribution < 1.29 is 22.8 Å². The third-order valence-electron chi connectivity index (χ3n) is 7.46. The summed E-state index contributed by atoms with van der Waals surface area (Å²) in [7, 11) is 1.67. The van der Waals surface area contributed by atoms with Gasteiger partial charge in [0.15, 0.2) is 0 Å². The van der Waals surface area contributed by atoms with Crippen molar-refractivity contribution in [1.82, 2.24) is 10.2 Å². The first-order chi connectivity index (χ1) is 17.2. The third-order valence-corrected chi connectivity index (χ3v) is 7.46. The number of fused-ring (bicyclic) bond motifs is 5. The highest BCUT2D eigenvalue weighted by atomic mass is 19.4. The molecule has 2 bridgehead atoms. The van der Waals surface area contributed by atoms with Gasteiger partial charge in [-0.05, 0) is 67.9 Å². The van der Waals surface area contributed by atoms with Crippen molar-refractivity contribution >= 4 is 29.0 Å². The maximum Gasteiger partial charge on any atom is 0.416 e. The Balaban J connectivity index is 1.43. The lowest BCUT2D eigenvalue weighted by Gasteiger charge is -2.29. The Hall–Kier alpha value is -3.49. The first kappa shape index (κ1) is 24.2. The van der Waals surface area contributed by atoms with E-state index in [0.717, 1.165) is 42.2 Å². The Morgan fingerprint density at radius 2 is 1.64 bits per heavy atom. The maximum atomic E-state index is 13.4. The fourth-order valence-corrected chi connectivity index (χ4v) is 5.58. The number of nitrogens with one attached hydrogen (secondary N) is 2. The zero-order valence-corrected chi connectivity index (χ0v) is 20.0. The lowest BCUT2D eigenvalue weighted by Crippen LogP contribution is -2.47. The Labute approximate surface area is 208 Å². The summed E-state index contributed by atoms with van der Waals surface area (Å²) in [4.78, 5) is 30.1. The summed E-state index contributed by atoms with van der Waals surface area (Å²) in [5.74, 6) is 0.877. The SMILES string of the molecule is CN1C(=O)C(NC(=O)Nc2cccc(C(F)(F)F)c2)C=C(N2CC3CCC(CC3)C2)c2ccccc21. The predicted octanol–water partition coefficient (Wildman–Crippen LogP) is 5.34. The molecular formula is C27H29F3N4O2. The van der Waals surface area contributed by atoms with Crippen LogP contribution in [0.5, 0.6) is 0 Å². The van der Waals surface area contributed by atoms with E-state index in [0.29, 0.717) is 11.8 Å². The average Bonchev–Trinajstić information content (AvgIpc) is 3.22. The Bertz CT molecular complexity index is 1170. The third kappa shape index (κ3) is 4.92. The van der Waals surface area contributed by atoms with Crippen LogP contribution in [0, 0.1) is 11.8 Å². The summed E-state index contributed by atoms with van der Waals surface area (Å²) in [5, 5.41) is 5.12. The summed E-state index contributed by atoms with van der Waals surface area (Å²) in [6.45, 7) is 1.80. The number of halogens is 3. The van der Waals surface area contributed by atoms with Crippen molar-refractivity contribution in [2.45, 2.75) is 37.9 Å². The molecule has 3 fully saturated rings. The molecule has 1 atom stereocenters. The van der Waals surface area contributed by atoms with Gasteiger partial charge < -0.3 is 20.4 Å². The molecule has 2 N–H and O–H groups in total. The number of urea groups is 1. The molecule has 4 aliphatic rings. The smallest absolute Gasteiger partial charge is 0.371 e. The summed E-state index contributed by atoms with van der Waals surface area (Å²) in [6, 6.07) is 10.4. The molecule has 1 unspecified atom stereocenters. The molecule has 36 heavy (non-hydrogen) atoms. The Morgan fingerprint density at radius 3 is 2.31 bits per heavy atom. The predicted molar refractivity (Wildman–Crippen MR) is 132 cm³/mol. The number of hydrogen-bond donors (Lipinski definition) is 2. The van der Waals surface area contributed by atoms with Gasteiger partial charge in [0.2, 0.25) is 0 Å². The van der Waals surface area contributed by atoms with E-state index in [1.165, 1.54) is 42.7 Å². The van der Waals surface area contributed by atoms with Gasteiger partial charge in [-0.2, -0.15) is 13.2 Å². The van der Waals surface area contributed by atoms with Crippen molar-refractivity contribution in [2.24, 2.45) is 11.8 Å². The number of anilines is 2. The van der Waals surface area contributed by atoms with Gasteiger partial charge >= 0.3 is 12.2 Å². The lowest BCUT2D eigenvalue weighted by molar-refractivity contribution is -0.137. The number of likely N-dealkylation sites (N-methyl/N-ethyl adjacent to an activating group) is 1. The highest BCUT2D eigenvalue weighted by Crippen LogP contribution is 2.40. The van der Waals surface area contributed by atoms with Gasteiger partial charge in [0.1, 0.15) is 6.04 Å². The molecule has 2 saturated heterocycles. The quantitative estimate of drug-likeness (QED) is 0.601. The molecule has 2 aromatic rings.